The van der Waals surface area contributed by atoms with Crippen molar-refractivity contribution in [2.24, 2.45) is 0 Å². The van der Waals surface area contributed by atoms with Crippen LogP contribution in [0, 0.1) is 18.3 Å². The van der Waals surface area contributed by atoms with Gasteiger partial charge in [-0.2, -0.15) is 14.9 Å². The molecule has 0 aliphatic heterocycles. The number of aryl methyl sites for hydroxylation is 2. The van der Waals surface area contributed by atoms with E-state index in [4.69, 9.17) is 0 Å². The molecule has 8 heteroatoms. The Morgan fingerprint density at radius 1 is 1.32 bits per heavy atom. The van der Waals surface area contributed by atoms with Gasteiger partial charge in [0.05, 0.1) is 17.5 Å². The molecule has 0 spiro atoms. The average molecular weight is 379 g/mol. The molecule has 0 aliphatic carbocycles. The van der Waals surface area contributed by atoms with Gasteiger partial charge >= 0.3 is 0 Å². The van der Waals surface area contributed by atoms with E-state index in [0.717, 1.165) is 29.0 Å². The van der Waals surface area contributed by atoms with Crippen LogP contribution < -0.4 is 10.6 Å². The Labute approximate surface area is 164 Å². The maximum atomic E-state index is 9.69. The summed E-state index contributed by atoms with van der Waals surface area (Å²) in [7, 11) is 1.77. The highest BCUT2D eigenvalue weighted by atomic mass is 16.3. The number of fused-ring (bicyclic) bond motifs is 1. The van der Waals surface area contributed by atoms with E-state index in [1.165, 1.54) is 0 Å². The summed E-state index contributed by atoms with van der Waals surface area (Å²) in [5.41, 5.74) is 4.66. The number of aliphatic hydroxyl groups excluding tert-OH is 1. The molecule has 0 radical (unpaired) electrons. The Bertz CT molecular complexity index is 1030. The zero-order chi connectivity index (χ0) is 20.3. The molecule has 0 aliphatic rings. The third-order valence-electron chi connectivity index (χ3n) is 4.69. The smallest absolute Gasteiger partial charge is 0.163 e. The molecule has 28 heavy (non-hydrogen) atoms. The summed E-state index contributed by atoms with van der Waals surface area (Å²) in [6, 6.07) is 7.84. The minimum atomic E-state index is -0.599. The Balaban J connectivity index is 1.90. The number of aliphatic hydroxyl groups is 1. The molecule has 146 valence electrons. The first-order valence-electron chi connectivity index (χ1n) is 9.37. The molecule has 3 heterocycles. The van der Waals surface area contributed by atoms with E-state index in [-0.39, 0.29) is 0 Å². The summed E-state index contributed by atoms with van der Waals surface area (Å²) in [4.78, 5) is 9.15. The first-order chi connectivity index (χ1) is 13.5. The van der Waals surface area contributed by atoms with Gasteiger partial charge in [-0.15, -0.1) is 0 Å². The molecule has 0 fully saturated rings. The fraction of sp³-hybridized carbons (Fsp3) is 0.400. The zero-order valence-corrected chi connectivity index (χ0v) is 16.6. The summed E-state index contributed by atoms with van der Waals surface area (Å²) >= 11 is 0. The van der Waals surface area contributed by atoms with Crippen LogP contribution in [0.3, 0.4) is 0 Å². The number of aromatic nitrogens is 4. The summed E-state index contributed by atoms with van der Waals surface area (Å²) in [6.07, 6.45) is 0.858. The molecule has 3 aromatic heterocycles. The van der Waals surface area contributed by atoms with Crippen molar-refractivity contribution in [1.29, 1.82) is 5.26 Å². The molecule has 0 saturated carbocycles. The minimum absolute atomic E-state index is 0.422. The quantitative estimate of drug-likeness (QED) is 0.578. The average Bonchev–Trinajstić information content (AvgIpc) is 3.01. The Morgan fingerprint density at radius 3 is 2.75 bits per heavy atom. The highest BCUT2D eigenvalue weighted by Crippen LogP contribution is 2.26. The SMILES string of the molecule is CCc1c(C)nn2c(NC)c(C#N)c(NCCc3cccc(C(C)O)n3)nc12. The lowest BCUT2D eigenvalue weighted by atomic mass is 10.2. The van der Waals surface area contributed by atoms with Gasteiger partial charge in [-0.05, 0) is 32.4 Å². The number of hydrogen-bond acceptors (Lipinski definition) is 7. The van der Waals surface area contributed by atoms with E-state index < -0.39 is 6.10 Å². The number of rotatable bonds is 7. The van der Waals surface area contributed by atoms with Gasteiger partial charge in [-0.25, -0.2) is 4.98 Å². The van der Waals surface area contributed by atoms with Gasteiger partial charge in [0, 0.05) is 31.3 Å². The maximum absolute atomic E-state index is 9.69. The summed E-state index contributed by atoms with van der Waals surface area (Å²) < 4.78 is 1.70. The Hall–Kier alpha value is -3.18. The largest absolute Gasteiger partial charge is 0.387 e. The first-order valence-corrected chi connectivity index (χ1v) is 9.37. The minimum Gasteiger partial charge on any atom is -0.387 e. The Morgan fingerprint density at radius 2 is 2.11 bits per heavy atom. The normalized spacial score (nSPS) is 12.0. The van der Waals surface area contributed by atoms with Crippen LogP contribution >= 0.6 is 0 Å². The summed E-state index contributed by atoms with van der Waals surface area (Å²) in [6.45, 7) is 6.27. The van der Waals surface area contributed by atoms with Gasteiger partial charge in [0.1, 0.15) is 17.5 Å². The van der Waals surface area contributed by atoms with E-state index in [2.05, 4.69) is 38.7 Å². The van der Waals surface area contributed by atoms with Gasteiger partial charge in [0.25, 0.3) is 0 Å². The van der Waals surface area contributed by atoms with Crippen molar-refractivity contribution in [3.8, 4) is 6.07 Å². The molecular formula is C20H25N7O. The highest BCUT2D eigenvalue weighted by molar-refractivity contribution is 5.71. The van der Waals surface area contributed by atoms with Gasteiger partial charge in [-0.3, -0.25) is 4.98 Å². The number of nitriles is 1. The molecule has 0 amide bonds. The number of hydrogen-bond donors (Lipinski definition) is 3. The van der Waals surface area contributed by atoms with Gasteiger partial charge < -0.3 is 15.7 Å². The predicted molar refractivity (Wildman–Crippen MR) is 108 cm³/mol. The third kappa shape index (κ3) is 3.62. The van der Waals surface area contributed by atoms with Crippen LogP contribution in [0.5, 0.6) is 0 Å². The van der Waals surface area contributed by atoms with Crippen molar-refractivity contribution < 1.29 is 5.11 Å². The topological polar surface area (TPSA) is 111 Å². The zero-order valence-electron chi connectivity index (χ0n) is 16.6. The van der Waals surface area contributed by atoms with E-state index in [9.17, 15) is 10.4 Å². The second-order valence-electron chi connectivity index (χ2n) is 6.61. The van der Waals surface area contributed by atoms with Crippen LogP contribution in [0.4, 0.5) is 11.6 Å². The van der Waals surface area contributed by atoms with Crippen LogP contribution in [0.15, 0.2) is 18.2 Å². The molecule has 1 atom stereocenters. The van der Waals surface area contributed by atoms with Crippen LogP contribution in [0.2, 0.25) is 0 Å². The van der Waals surface area contributed by atoms with Gasteiger partial charge in [0.2, 0.25) is 0 Å². The van der Waals surface area contributed by atoms with Crippen molar-refractivity contribution in [2.45, 2.75) is 39.7 Å². The van der Waals surface area contributed by atoms with Crippen LogP contribution in [-0.2, 0) is 12.8 Å². The lowest BCUT2D eigenvalue weighted by Crippen LogP contribution is -2.13. The lowest BCUT2D eigenvalue weighted by molar-refractivity contribution is 0.194. The lowest BCUT2D eigenvalue weighted by Gasteiger charge is -2.13. The number of pyridine rings is 1. The fourth-order valence-corrected chi connectivity index (χ4v) is 3.26. The van der Waals surface area contributed by atoms with E-state index >= 15 is 0 Å². The molecule has 3 rings (SSSR count). The van der Waals surface area contributed by atoms with Crippen molar-refractivity contribution in [3.05, 3.63) is 46.4 Å². The van der Waals surface area contributed by atoms with Crippen molar-refractivity contribution in [2.75, 3.05) is 24.2 Å². The molecule has 0 bridgehead atoms. The van der Waals surface area contributed by atoms with Gasteiger partial charge in [0.15, 0.2) is 11.5 Å². The standard InChI is InChI=1S/C20H25N7O/c1-5-15-12(2)26-27-19(22-4)16(11-21)18(25-20(15)27)23-10-9-14-7-6-8-17(24-14)13(3)28/h6-8,13,22,28H,5,9-10H2,1-4H3,(H,23,25). The van der Waals surface area contributed by atoms with E-state index in [1.54, 1.807) is 24.6 Å². The third-order valence-corrected chi connectivity index (χ3v) is 4.69. The number of nitrogens with zero attached hydrogens (tertiary/aromatic N) is 5. The highest BCUT2D eigenvalue weighted by Gasteiger charge is 2.19. The summed E-state index contributed by atoms with van der Waals surface area (Å²) in [5, 5.41) is 30.3. The van der Waals surface area contributed by atoms with E-state index in [0.29, 0.717) is 35.9 Å². The van der Waals surface area contributed by atoms with Crippen LogP contribution in [0.25, 0.3) is 5.65 Å². The van der Waals surface area contributed by atoms with E-state index in [1.807, 2.05) is 19.1 Å². The number of nitrogens with one attached hydrogen (secondary N) is 2. The fourth-order valence-electron chi connectivity index (χ4n) is 3.26. The van der Waals surface area contributed by atoms with Crippen molar-refractivity contribution in [1.82, 2.24) is 19.6 Å². The van der Waals surface area contributed by atoms with Crippen molar-refractivity contribution in [3.63, 3.8) is 0 Å². The molecule has 3 N–H and O–H groups in total. The molecular weight excluding hydrogens is 354 g/mol. The molecule has 8 nitrogen and oxygen atoms in total. The van der Waals surface area contributed by atoms with Crippen molar-refractivity contribution >= 4 is 17.3 Å². The Kier molecular flexibility index (Phi) is 5.76. The molecule has 3 aromatic rings. The predicted octanol–water partition coefficient (Wildman–Crippen LogP) is 2.62. The van der Waals surface area contributed by atoms with Gasteiger partial charge in [-0.1, -0.05) is 13.0 Å². The second-order valence-corrected chi connectivity index (χ2v) is 6.61. The monoisotopic (exact) mass is 379 g/mol. The maximum Gasteiger partial charge on any atom is 0.163 e. The summed E-state index contributed by atoms with van der Waals surface area (Å²) in [5.74, 6) is 1.15. The molecule has 0 aromatic carbocycles. The molecule has 0 saturated heterocycles. The van der Waals surface area contributed by atoms with Crippen LogP contribution in [0.1, 0.15) is 48.2 Å². The second kappa shape index (κ2) is 8.23. The van der Waals surface area contributed by atoms with Crippen LogP contribution in [-0.4, -0.2) is 38.3 Å². The number of anilines is 2. The molecule has 1 unspecified atom stereocenters. The first kappa shape index (κ1) is 19.6.